The van der Waals surface area contributed by atoms with Crippen molar-refractivity contribution in [3.63, 3.8) is 0 Å². The Balaban J connectivity index is 2.05. The first kappa shape index (κ1) is 12.3. The van der Waals surface area contributed by atoms with Crippen molar-refractivity contribution < 1.29 is 14.5 Å². The van der Waals surface area contributed by atoms with Gasteiger partial charge in [-0.3, -0.25) is 14.9 Å². The molecule has 1 aromatic heterocycles. The molecule has 2 rings (SSSR count). The smallest absolute Gasteiger partial charge is 0.310 e. The molecule has 0 aromatic carbocycles. The molecule has 18 heavy (non-hydrogen) atoms. The Labute approximate surface area is 104 Å². The van der Waals surface area contributed by atoms with Gasteiger partial charge in [0, 0.05) is 19.2 Å². The Morgan fingerprint density at radius 1 is 1.61 bits per heavy atom. The van der Waals surface area contributed by atoms with E-state index in [0.717, 1.165) is 0 Å². The predicted molar refractivity (Wildman–Crippen MR) is 63.2 cm³/mol. The molecule has 0 radical (unpaired) electrons. The minimum atomic E-state index is -0.488. The molecule has 1 unspecified atom stereocenters. The Morgan fingerprint density at radius 2 is 2.39 bits per heavy atom. The summed E-state index contributed by atoms with van der Waals surface area (Å²) in [4.78, 5) is 27.3. The molecular weight excluding hydrogens is 238 g/mol. The number of nitro groups is 1. The van der Waals surface area contributed by atoms with E-state index in [-0.39, 0.29) is 17.6 Å². The number of hydrogen-bond acceptors (Lipinski definition) is 6. The number of methoxy groups -OCH3 is 1. The topological polar surface area (TPSA) is 85.6 Å². The molecular formula is C11H13N3O4. The fourth-order valence-corrected chi connectivity index (χ4v) is 2.00. The first-order valence-corrected chi connectivity index (χ1v) is 5.55. The third-order valence-corrected chi connectivity index (χ3v) is 2.99. The van der Waals surface area contributed by atoms with Crippen molar-refractivity contribution in [3.05, 3.63) is 28.4 Å². The van der Waals surface area contributed by atoms with Gasteiger partial charge in [0.05, 0.1) is 18.0 Å². The number of carbonyl (C=O) groups excluding carboxylic acids is 1. The van der Waals surface area contributed by atoms with E-state index < -0.39 is 4.92 Å². The van der Waals surface area contributed by atoms with Crippen LogP contribution < -0.4 is 4.90 Å². The van der Waals surface area contributed by atoms with Crippen LogP contribution >= 0.6 is 0 Å². The van der Waals surface area contributed by atoms with E-state index >= 15 is 0 Å². The summed E-state index contributed by atoms with van der Waals surface area (Å²) in [6.45, 7) is 1.24. The van der Waals surface area contributed by atoms with Crippen molar-refractivity contribution in [2.24, 2.45) is 5.92 Å². The van der Waals surface area contributed by atoms with Gasteiger partial charge in [0.1, 0.15) is 12.0 Å². The fraction of sp³-hybridized carbons (Fsp3) is 0.455. The van der Waals surface area contributed by atoms with Crippen molar-refractivity contribution in [2.45, 2.75) is 6.42 Å². The zero-order valence-corrected chi connectivity index (χ0v) is 9.91. The van der Waals surface area contributed by atoms with E-state index in [2.05, 4.69) is 4.98 Å². The third kappa shape index (κ3) is 2.39. The lowest BCUT2D eigenvalue weighted by atomic mass is 10.1. The number of carbonyl (C=O) groups is 1. The second-order valence-corrected chi connectivity index (χ2v) is 4.09. The number of nitrogens with zero attached hydrogens (tertiary/aromatic N) is 3. The molecule has 1 aliphatic heterocycles. The molecule has 96 valence electrons. The second-order valence-electron chi connectivity index (χ2n) is 4.09. The van der Waals surface area contributed by atoms with Crippen LogP contribution in [0, 0.1) is 16.0 Å². The van der Waals surface area contributed by atoms with Gasteiger partial charge in [-0.25, -0.2) is 4.98 Å². The lowest BCUT2D eigenvalue weighted by Crippen LogP contribution is -2.24. The first-order valence-electron chi connectivity index (χ1n) is 5.55. The number of esters is 1. The number of anilines is 1. The van der Waals surface area contributed by atoms with Gasteiger partial charge >= 0.3 is 5.97 Å². The average Bonchev–Trinajstić information content (AvgIpc) is 2.87. The minimum Gasteiger partial charge on any atom is -0.469 e. The highest BCUT2D eigenvalue weighted by atomic mass is 16.6. The Kier molecular flexibility index (Phi) is 3.40. The van der Waals surface area contributed by atoms with Crippen molar-refractivity contribution in [1.29, 1.82) is 0 Å². The van der Waals surface area contributed by atoms with Crippen LogP contribution in [0.2, 0.25) is 0 Å². The number of rotatable bonds is 3. The van der Waals surface area contributed by atoms with Gasteiger partial charge in [0.25, 0.3) is 5.69 Å². The average molecular weight is 251 g/mol. The minimum absolute atomic E-state index is 0.0394. The van der Waals surface area contributed by atoms with Gasteiger partial charge < -0.3 is 9.64 Å². The monoisotopic (exact) mass is 251 g/mol. The fourth-order valence-electron chi connectivity index (χ4n) is 2.00. The van der Waals surface area contributed by atoms with Crippen LogP contribution in [0.3, 0.4) is 0 Å². The molecule has 1 aliphatic rings. The van der Waals surface area contributed by atoms with Crippen molar-refractivity contribution in [1.82, 2.24) is 4.98 Å². The third-order valence-electron chi connectivity index (χ3n) is 2.99. The molecule has 0 aliphatic carbocycles. The van der Waals surface area contributed by atoms with Crippen molar-refractivity contribution in [2.75, 3.05) is 25.1 Å². The van der Waals surface area contributed by atoms with Crippen LogP contribution in [-0.2, 0) is 9.53 Å². The quantitative estimate of drug-likeness (QED) is 0.452. The maximum atomic E-state index is 11.4. The molecule has 1 fully saturated rings. The summed E-state index contributed by atoms with van der Waals surface area (Å²) in [6.07, 6.45) is 1.94. The Morgan fingerprint density at radius 3 is 2.94 bits per heavy atom. The van der Waals surface area contributed by atoms with Crippen molar-refractivity contribution >= 4 is 17.5 Å². The molecule has 0 saturated carbocycles. The summed E-state index contributed by atoms with van der Waals surface area (Å²) >= 11 is 0. The zero-order valence-electron chi connectivity index (χ0n) is 9.91. The van der Waals surface area contributed by atoms with E-state index in [0.29, 0.717) is 25.3 Å². The van der Waals surface area contributed by atoms with Crippen LogP contribution in [-0.4, -0.2) is 36.1 Å². The highest BCUT2D eigenvalue weighted by Gasteiger charge is 2.29. The molecule has 0 spiro atoms. The van der Waals surface area contributed by atoms with Crippen LogP contribution in [0.25, 0.3) is 0 Å². The van der Waals surface area contributed by atoms with E-state index in [9.17, 15) is 14.9 Å². The van der Waals surface area contributed by atoms with E-state index in [1.54, 1.807) is 6.07 Å². The summed E-state index contributed by atoms with van der Waals surface area (Å²) < 4.78 is 4.69. The molecule has 1 aromatic rings. The maximum absolute atomic E-state index is 11.4. The zero-order chi connectivity index (χ0) is 13.1. The van der Waals surface area contributed by atoms with E-state index in [1.165, 1.54) is 19.4 Å². The van der Waals surface area contributed by atoms with Gasteiger partial charge in [0.2, 0.25) is 0 Å². The van der Waals surface area contributed by atoms with E-state index in [1.807, 2.05) is 4.90 Å². The van der Waals surface area contributed by atoms with Crippen molar-refractivity contribution in [3.8, 4) is 0 Å². The lowest BCUT2D eigenvalue weighted by molar-refractivity contribution is -0.385. The summed E-state index contributed by atoms with van der Waals surface area (Å²) in [5.74, 6) is 0.276. The first-order chi connectivity index (χ1) is 8.61. The number of pyridine rings is 1. The summed E-state index contributed by atoms with van der Waals surface area (Å²) in [6, 6.07) is 3.01. The summed E-state index contributed by atoms with van der Waals surface area (Å²) in [5.41, 5.74) is -0.0394. The summed E-state index contributed by atoms with van der Waals surface area (Å²) in [5, 5.41) is 10.5. The van der Waals surface area contributed by atoms with Crippen LogP contribution in [0.5, 0.6) is 0 Å². The Hall–Kier alpha value is -2.18. The SMILES string of the molecule is COC(=O)C1CCN(c2ccc([N+](=O)[O-])cn2)C1. The van der Waals surface area contributed by atoms with Crippen LogP contribution in [0.15, 0.2) is 18.3 Å². The van der Waals surface area contributed by atoms with Crippen LogP contribution in [0.1, 0.15) is 6.42 Å². The maximum Gasteiger partial charge on any atom is 0.310 e. The molecule has 1 saturated heterocycles. The number of hydrogen-bond donors (Lipinski definition) is 0. The summed E-state index contributed by atoms with van der Waals surface area (Å²) in [7, 11) is 1.37. The molecule has 0 bridgehead atoms. The number of aromatic nitrogens is 1. The number of ether oxygens (including phenoxy) is 1. The molecule has 0 amide bonds. The predicted octanol–water partition coefficient (Wildman–Crippen LogP) is 0.989. The van der Waals surface area contributed by atoms with Gasteiger partial charge in [-0.1, -0.05) is 0 Å². The largest absolute Gasteiger partial charge is 0.469 e. The van der Waals surface area contributed by atoms with Crippen LogP contribution in [0.4, 0.5) is 11.5 Å². The van der Waals surface area contributed by atoms with Gasteiger partial charge in [0.15, 0.2) is 0 Å². The molecule has 7 nitrogen and oxygen atoms in total. The van der Waals surface area contributed by atoms with Gasteiger partial charge in [-0.05, 0) is 12.5 Å². The molecule has 0 N–H and O–H groups in total. The molecule has 2 heterocycles. The molecule has 7 heteroatoms. The van der Waals surface area contributed by atoms with Gasteiger partial charge in [-0.2, -0.15) is 0 Å². The Bertz CT molecular complexity index is 460. The normalized spacial score (nSPS) is 18.7. The highest BCUT2D eigenvalue weighted by molar-refractivity contribution is 5.74. The highest BCUT2D eigenvalue weighted by Crippen LogP contribution is 2.24. The molecule has 1 atom stereocenters. The van der Waals surface area contributed by atoms with Gasteiger partial charge in [-0.15, -0.1) is 0 Å². The lowest BCUT2D eigenvalue weighted by Gasteiger charge is -2.16. The standard InChI is InChI=1S/C11H13N3O4/c1-18-11(15)8-4-5-13(7-8)10-3-2-9(6-12-10)14(16)17/h2-3,6,8H,4-5,7H2,1H3. The second kappa shape index (κ2) is 4.99. The van der Waals surface area contributed by atoms with E-state index in [4.69, 9.17) is 4.74 Å².